The first-order valence-electron chi connectivity index (χ1n) is 13.9. The van der Waals surface area contributed by atoms with Crippen molar-refractivity contribution in [3.63, 3.8) is 0 Å². The molecule has 4 aromatic carbocycles. The molecular weight excluding hydrogens is 605 g/mol. The number of aryl methyl sites for hydroxylation is 2. The Balaban J connectivity index is 1.38. The molecule has 0 aromatic heterocycles. The van der Waals surface area contributed by atoms with Gasteiger partial charge in [0.15, 0.2) is 0 Å². The lowest BCUT2D eigenvalue weighted by atomic mass is 9.91. The summed E-state index contributed by atoms with van der Waals surface area (Å²) in [6, 6.07) is 20.9. The van der Waals surface area contributed by atoms with E-state index in [1.807, 2.05) is 56.3 Å². The average Bonchev–Trinajstić information content (AvgIpc) is 3.27. The third-order valence-corrected chi connectivity index (χ3v) is 7.99. The van der Waals surface area contributed by atoms with Crippen LogP contribution in [-0.4, -0.2) is 30.1 Å². The lowest BCUT2D eigenvalue weighted by Gasteiger charge is -2.18. The zero-order valence-corrected chi connectivity index (χ0v) is 25.7. The number of rotatable bonds is 10. The van der Waals surface area contributed by atoms with Gasteiger partial charge in [-0.15, -0.1) is 0 Å². The van der Waals surface area contributed by atoms with Crippen LogP contribution in [0, 0.1) is 30.9 Å². The Hall–Kier alpha value is -4.60. The Bertz CT molecular complexity index is 1760. The number of carbonyl (C=O) groups excluding carboxylic acids is 2. The molecule has 44 heavy (non-hydrogen) atoms. The van der Waals surface area contributed by atoms with Crippen molar-refractivity contribution in [2.75, 3.05) is 23.4 Å². The molecule has 1 aliphatic heterocycles. The predicted molar refractivity (Wildman–Crippen MR) is 171 cm³/mol. The maximum Gasteiger partial charge on any atom is 0.422 e. The van der Waals surface area contributed by atoms with Crippen LogP contribution in [0.4, 0.5) is 21.9 Å². The molecule has 1 atom stereocenters. The molecular formula is C33H29Cl2N3O6. The monoisotopic (exact) mass is 633 g/mol. The molecule has 1 unspecified atom stereocenters. The highest BCUT2D eigenvalue weighted by Crippen LogP contribution is 2.44. The summed E-state index contributed by atoms with van der Waals surface area (Å²) in [5.74, 6) is 0.0882. The van der Waals surface area contributed by atoms with Crippen molar-refractivity contribution < 1.29 is 24.0 Å². The molecule has 0 spiro atoms. The molecule has 1 saturated heterocycles. The number of hydrogen-bond donors (Lipinski definition) is 1. The van der Waals surface area contributed by atoms with Gasteiger partial charge in [0.2, 0.25) is 6.10 Å². The first kappa shape index (κ1) is 30.8. The van der Waals surface area contributed by atoms with E-state index in [1.54, 1.807) is 6.07 Å². The molecule has 1 N–H and O–H groups in total. The Morgan fingerprint density at radius 1 is 0.977 bits per heavy atom. The molecule has 1 aliphatic rings. The molecule has 1 heterocycles. The third-order valence-electron chi connectivity index (χ3n) is 7.38. The Morgan fingerprint density at radius 3 is 2.43 bits per heavy atom. The van der Waals surface area contributed by atoms with Crippen molar-refractivity contribution in [1.29, 1.82) is 0 Å². The molecule has 5 rings (SSSR count). The minimum absolute atomic E-state index is 0.0590. The molecule has 0 bridgehead atoms. The van der Waals surface area contributed by atoms with Gasteiger partial charge in [0.1, 0.15) is 5.75 Å². The van der Waals surface area contributed by atoms with Crippen LogP contribution >= 0.6 is 23.2 Å². The maximum absolute atomic E-state index is 13.8. The number of cyclic esters (lactones) is 1. The summed E-state index contributed by atoms with van der Waals surface area (Å²) < 4.78 is 11.5. The minimum Gasteiger partial charge on any atom is -0.493 e. The number of halogens is 2. The number of nitro benzene ring substituents is 1. The van der Waals surface area contributed by atoms with E-state index in [9.17, 15) is 19.7 Å². The number of imide groups is 1. The third kappa shape index (κ3) is 6.20. The summed E-state index contributed by atoms with van der Waals surface area (Å²) in [4.78, 5) is 39.1. The van der Waals surface area contributed by atoms with Gasteiger partial charge >= 0.3 is 6.09 Å². The second-order valence-electron chi connectivity index (χ2n) is 10.4. The standard InChI is InChI=1S/C33H29Cl2N3O6/c1-19-10-13-29(20(2)16-19)43-15-7-14-36-26-18-28(25(35)17-24(26)34)37-32(39)31(44-33(37)40)30-21(3)27(38(41)42)12-11-23(30)22-8-5-4-6-9-22/h4-6,8-13,16-18,31,36H,7,14-15H2,1-3H3. The van der Waals surface area contributed by atoms with Crippen LogP contribution in [0.25, 0.3) is 11.1 Å². The summed E-state index contributed by atoms with van der Waals surface area (Å²) in [6.07, 6.45) is -1.74. The molecule has 0 aliphatic carbocycles. The van der Waals surface area contributed by atoms with E-state index in [0.29, 0.717) is 41.4 Å². The van der Waals surface area contributed by atoms with Gasteiger partial charge in [-0.1, -0.05) is 71.2 Å². The van der Waals surface area contributed by atoms with Crippen LogP contribution < -0.4 is 15.0 Å². The van der Waals surface area contributed by atoms with Gasteiger partial charge < -0.3 is 14.8 Å². The molecule has 226 valence electrons. The van der Waals surface area contributed by atoms with Crippen LogP contribution in [0.5, 0.6) is 5.75 Å². The Kier molecular flexibility index (Phi) is 9.08. The average molecular weight is 635 g/mol. The zero-order chi connectivity index (χ0) is 31.5. The molecule has 9 nitrogen and oxygen atoms in total. The van der Waals surface area contributed by atoms with Crippen LogP contribution in [0.15, 0.2) is 72.8 Å². The summed E-state index contributed by atoms with van der Waals surface area (Å²) in [6.45, 7) is 6.50. The van der Waals surface area contributed by atoms with E-state index >= 15 is 0 Å². The number of benzene rings is 4. The van der Waals surface area contributed by atoms with E-state index in [0.717, 1.165) is 21.8 Å². The van der Waals surface area contributed by atoms with E-state index in [2.05, 4.69) is 11.4 Å². The molecule has 0 saturated carbocycles. The first-order valence-corrected chi connectivity index (χ1v) is 14.6. The van der Waals surface area contributed by atoms with Crippen molar-refractivity contribution >= 4 is 52.3 Å². The fourth-order valence-corrected chi connectivity index (χ4v) is 5.75. The smallest absolute Gasteiger partial charge is 0.422 e. The number of hydrogen-bond acceptors (Lipinski definition) is 7. The lowest BCUT2D eigenvalue weighted by molar-refractivity contribution is -0.385. The van der Waals surface area contributed by atoms with Crippen molar-refractivity contribution in [1.82, 2.24) is 0 Å². The fourth-order valence-electron chi connectivity index (χ4n) is 5.22. The second kappa shape index (κ2) is 13.0. The van der Waals surface area contributed by atoms with Gasteiger partial charge in [0.05, 0.1) is 33.0 Å². The number of carbonyl (C=O) groups is 2. The number of nitrogens with zero attached hydrogens (tertiary/aromatic N) is 2. The van der Waals surface area contributed by atoms with Gasteiger partial charge in [-0.05, 0) is 68.1 Å². The molecule has 2 amide bonds. The van der Waals surface area contributed by atoms with Crippen molar-refractivity contribution in [2.45, 2.75) is 33.3 Å². The van der Waals surface area contributed by atoms with Gasteiger partial charge in [-0.3, -0.25) is 14.9 Å². The summed E-state index contributed by atoms with van der Waals surface area (Å²) in [5, 5.41) is 15.3. The molecule has 1 fully saturated rings. The SMILES string of the molecule is Cc1ccc(OCCCNc2cc(N3C(=O)OC(c4c(-c5ccccc5)ccc([N+](=O)[O-])c4C)C3=O)c(Cl)cc2Cl)c(C)c1. The first-order chi connectivity index (χ1) is 21.1. The van der Waals surface area contributed by atoms with Gasteiger partial charge in [0, 0.05) is 23.7 Å². The largest absolute Gasteiger partial charge is 0.493 e. The number of nitrogens with one attached hydrogen (secondary N) is 1. The van der Waals surface area contributed by atoms with Crippen LogP contribution in [0.3, 0.4) is 0 Å². The highest BCUT2D eigenvalue weighted by atomic mass is 35.5. The topological polar surface area (TPSA) is 111 Å². The Morgan fingerprint density at radius 2 is 1.73 bits per heavy atom. The minimum atomic E-state index is -1.43. The number of ether oxygens (including phenoxy) is 2. The number of anilines is 2. The van der Waals surface area contributed by atoms with Crippen molar-refractivity contribution in [2.24, 2.45) is 0 Å². The van der Waals surface area contributed by atoms with Crippen molar-refractivity contribution in [3.8, 4) is 16.9 Å². The normalized spacial score (nSPS) is 14.5. The molecule has 11 heteroatoms. The predicted octanol–water partition coefficient (Wildman–Crippen LogP) is 8.60. The highest BCUT2D eigenvalue weighted by molar-refractivity contribution is 6.39. The van der Waals surface area contributed by atoms with Crippen LogP contribution in [-0.2, 0) is 9.53 Å². The van der Waals surface area contributed by atoms with E-state index in [1.165, 1.54) is 25.1 Å². The fraction of sp³-hybridized carbons (Fsp3) is 0.212. The van der Waals surface area contributed by atoms with E-state index < -0.39 is 23.0 Å². The Labute approximate surface area is 264 Å². The zero-order valence-electron chi connectivity index (χ0n) is 24.2. The van der Waals surface area contributed by atoms with Crippen molar-refractivity contribution in [3.05, 3.63) is 115 Å². The highest BCUT2D eigenvalue weighted by Gasteiger charge is 2.46. The van der Waals surface area contributed by atoms with E-state index in [-0.39, 0.29) is 27.5 Å². The molecule has 0 radical (unpaired) electrons. The second-order valence-corrected chi connectivity index (χ2v) is 11.2. The quantitative estimate of drug-likeness (QED) is 0.106. The van der Waals surface area contributed by atoms with Gasteiger partial charge in [0.25, 0.3) is 11.6 Å². The summed E-state index contributed by atoms with van der Waals surface area (Å²) in [5.41, 5.74) is 4.25. The maximum atomic E-state index is 13.8. The lowest BCUT2D eigenvalue weighted by Crippen LogP contribution is -2.30. The number of amides is 2. The molecule has 4 aromatic rings. The van der Waals surface area contributed by atoms with E-state index in [4.69, 9.17) is 32.7 Å². The van der Waals surface area contributed by atoms with Crippen LogP contribution in [0.1, 0.15) is 34.8 Å². The van der Waals surface area contributed by atoms with Crippen LogP contribution in [0.2, 0.25) is 10.0 Å². The van der Waals surface area contributed by atoms with Gasteiger partial charge in [-0.2, -0.15) is 0 Å². The van der Waals surface area contributed by atoms with Gasteiger partial charge in [-0.25, -0.2) is 9.69 Å². The number of nitro groups is 1. The summed E-state index contributed by atoms with van der Waals surface area (Å²) in [7, 11) is 0. The summed E-state index contributed by atoms with van der Waals surface area (Å²) >= 11 is 12.9.